The Balaban J connectivity index is 2.88. The fraction of sp³-hybridized carbons (Fsp3) is 0. The van der Waals surface area contributed by atoms with E-state index in [-0.39, 0.29) is 0 Å². The van der Waals surface area contributed by atoms with Gasteiger partial charge in [0.2, 0.25) is 0 Å². The van der Waals surface area contributed by atoms with E-state index in [4.69, 9.17) is 0 Å². The Morgan fingerprint density at radius 1 is 1.22 bits per heavy atom. The van der Waals surface area contributed by atoms with E-state index in [1.807, 2.05) is 30.4 Å². The Kier molecular flexibility index (Phi) is 2.06. The van der Waals surface area contributed by atoms with Gasteiger partial charge < -0.3 is 0 Å². The van der Waals surface area contributed by atoms with E-state index in [0.717, 1.165) is 10.1 Å². The van der Waals surface area contributed by atoms with Gasteiger partial charge in [-0.3, -0.25) is 0 Å². The van der Waals surface area contributed by atoms with Gasteiger partial charge in [-0.25, -0.2) is 0 Å². The lowest BCUT2D eigenvalue weighted by molar-refractivity contribution is 1.77. The predicted molar refractivity (Wildman–Crippen MR) is 44.4 cm³/mol. The first-order valence-corrected chi connectivity index (χ1v) is 3.49. The topological polar surface area (TPSA) is 0 Å². The molecule has 0 heterocycles. The molecule has 0 saturated carbocycles. The summed E-state index contributed by atoms with van der Waals surface area (Å²) in [7, 11) is 0. The molecule has 9 heavy (non-hydrogen) atoms. The molecule has 0 unspecified atom stereocenters. The Morgan fingerprint density at radius 2 is 2.00 bits per heavy atom. The van der Waals surface area contributed by atoms with Crippen LogP contribution in [0, 0.1) is 0 Å². The van der Waals surface area contributed by atoms with Crippen LogP contribution in [-0.4, -0.2) is 0 Å². The van der Waals surface area contributed by atoms with Crippen LogP contribution in [-0.2, 0) is 0 Å². The van der Waals surface area contributed by atoms with Gasteiger partial charge in [0.05, 0.1) is 0 Å². The van der Waals surface area contributed by atoms with Gasteiger partial charge in [0.25, 0.3) is 0 Å². The Hall–Kier alpha value is -0.560. The maximum Gasteiger partial charge on any atom is 0.0175 e. The number of hydrogen-bond acceptors (Lipinski definition) is 0. The van der Waals surface area contributed by atoms with Crippen molar-refractivity contribution < 1.29 is 0 Å². The quantitative estimate of drug-likeness (QED) is 0.541. The minimum absolute atomic E-state index is 1.03. The fourth-order valence-electron chi connectivity index (χ4n) is 0.561. The minimum Gasteiger partial charge on any atom is -0.0918 e. The second kappa shape index (κ2) is 2.83. The van der Waals surface area contributed by atoms with Crippen molar-refractivity contribution in [2.45, 2.75) is 0 Å². The van der Waals surface area contributed by atoms with Crippen molar-refractivity contribution in [3.05, 3.63) is 47.0 Å². The standard InChI is InChI=1S/C8H7Br/c1-7-3-2-4-8(9)6-5-7/h2-6H,1H2. The number of hydrogen-bond donors (Lipinski definition) is 0. The molecule has 0 nitrogen and oxygen atoms in total. The summed E-state index contributed by atoms with van der Waals surface area (Å²) in [5, 5.41) is 0. The molecule has 0 atom stereocenters. The molecule has 1 rings (SSSR count). The molecular weight excluding hydrogens is 176 g/mol. The largest absolute Gasteiger partial charge is 0.0918 e. The van der Waals surface area contributed by atoms with E-state index in [9.17, 15) is 0 Å². The molecule has 0 aromatic carbocycles. The SMILES string of the molecule is C=C1C=CC=C(Br)C=C1. The maximum absolute atomic E-state index is 3.78. The second-order valence-corrected chi connectivity index (χ2v) is 2.73. The highest BCUT2D eigenvalue weighted by Crippen LogP contribution is 2.12. The summed E-state index contributed by atoms with van der Waals surface area (Å²) < 4.78 is 1.08. The highest BCUT2D eigenvalue weighted by Gasteiger charge is 1.86. The van der Waals surface area contributed by atoms with Gasteiger partial charge in [-0.15, -0.1) is 0 Å². The number of rotatable bonds is 0. The van der Waals surface area contributed by atoms with E-state index < -0.39 is 0 Å². The molecule has 0 bridgehead atoms. The van der Waals surface area contributed by atoms with Crippen molar-refractivity contribution in [1.82, 2.24) is 0 Å². The summed E-state index contributed by atoms with van der Waals surface area (Å²) >= 11 is 3.35. The lowest BCUT2D eigenvalue weighted by Crippen LogP contribution is -1.60. The molecule has 0 radical (unpaired) electrons. The molecule has 1 aliphatic rings. The fourth-order valence-corrected chi connectivity index (χ4v) is 0.846. The Morgan fingerprint density at radius 3 is 2.78 bits per heavy atom. The first-order valence-electron chi connectivity index (χ1n) is 2.70. The highest BCUT2D eigenvalue weighted by atomic mass is 79.9. The van der Waals surface area contributed by atoms with Gasteiger partial charge in [-0.05, 0) is 17.7 Å². The van der Waals surface area contributed by atoms with Crippen molar-refractivity contribution >= 4 is 15.9 Å². The van der Waals surface area contributed by atoms with Crippen LogP contribution in [0.2, 0.25) is 0 Å². The van der Waals surface area contributed by atoms with E-state index in [1.165, 1.54) is 0 Å². The van der Waals surface area contributed by atoms with Crippen LogP contribution in [0.5, 0.6) is 0 Å². The monoisotopic (exact) mass is 182 g/mol. The van der Waals surface area contributed by atoms with Gasteiger partial charge in [0, 0.05) is 4.48 Å². The Labute approximate surface area is 63.4 Å². The Bertz CT molecular complexity index is 207. The van der Waals surface area contributed by atoms with Crippen LogP contribution in [0.3, 0.4) is 0 Å². The van der Waals surface area contributed by atoms with Crippen LogP contribution in [0.4, 0.5) is 0 Å². The molecule has 0 aromatic heterocycles. The third kappa shape index (κ3) is 2.02. The van der Waals surface area contributed by atoms with Crippen LogP contribution < -0.4 is 0 Å². The van der Waals surface area contributed by atoms with E-state index >= 15 is 0 Å². The molecule has 1 heteroatoms. The van der Waals surface area contributed by atoms with E-state index in [2.05, 4.69) is 22.5 Å². The van der Waals surface area contributed by atoms with E-state index in [0.29, 0.717) is 0 Å². The van der Waals surface area contributed by atoms with Gasteiger partial charge in [-0.2, -0.15) is 0 Å². The van der Waals surface area contributed by atoms with Gasteiger partial charge in [0.15, 0.2) is 0 Å². The van der Waals surface area contributed by atoms with Crippen molar-refractivity contribution in [3.63, 3.8) is 0 Å². The zero-order valence-electron chi connectivity index (χ0n) is 4.97. The summed E-state index contributed by atoms with van der Waals surface area (Å²) in [6.07, 6.45) is 9.85. The van der Waals surface area contributed by atoms with Crippen molar-refractivity contribution in [2.75, 3.05) is 0 Å². The lowest BCUT2D eigenvalue weighted by Gasteiger charge is -1.81. The molecule has 46 valence electrons. The molecule has 0 amide bonds. The first kappa shape index (κ1) is 6.56. The van der Waals surface area contributed by atoms with Crippen LogP contribution >= 0.6 is 15.9 Å². The van der Waals surface area contributed by atoms with Crippen LogP contribution in [0.15, 0.2) is 47.0 Å². The zero-order valence-corrected chi connectivity index (χ0v) is 6.56. The van der Waals surface area contributed by atoms with Crippen molar-refractivity contribution in [2.24, 2.45) is 0 Å². The lowest BCUT2D eigenvalue weighted by atomic mass is 10.3. The van der Waals surface area contributed by atoms with Gasteiger partial charge >= 0.3 is 0 Å². The molecule has 0 aromatic rings. The van der Waals surface area contributed by atoms with Crippen LogP contribution in [0.1, 0.15) is 0 Å². The molecule has 0 saturated heterocycles. The van der Waals surface area contributed by atoms with Gasteiger partial charge in [0.1, 0.15) is 0 Å². The summed E-state index contributed by atoms with van der Waals surface area (Å²) in [6.45, 7) is 3.78. The first-order chi connectivity index (χ1) is 4.29. The average molecular weight is 183 g/mol. The summed E-state index contributed by atoms with van der Waals surface area (Å²) in [5.41, 5.74) is 1.03. The third-order valence-electron chi connectivity index (χ3n) is 1.02. The van der Waals surface area contributed by atoms with Crippen LogP contribution in [0.25, 0.3) is 0 Å². The molecule has 0 aliphatic heterocycles. The smallest absolute Gasteiger partial charge is 0.0175 e. The molecular formula is C8H7Br. The van der Waals surface area contributed by atoms with Crippen molar-refractivity contribution in [1.29, 1.82) is 0 Å². The molecule has 0 fully saturated rings. The highest BCUT2D eigenvalue weighted by molar-refractivity contribution is 9.11. The predicted octanol–water partition coefficient (Wildman–Crippen LogP) is 2.95. The molecule has 0 spiro atoms. The molecule has 0 N–H and O–H groups in total. The average Bonchev–Trinajstić information content (AvgIpc) is 1.97. The second-order valence-electron chi connectivity index (χ2n) is 1.82. The third-order valence-corrected chi connectivity index (χ3v) is 1.55. The van der Waals surface area contributed by atoms with E-state index in [1.54, 1.807) is 0 Å². The molecule has 1 aliphatic carbocycles. The summed E-state index contributed by atoms with van der Waals surface area (Å²) in [6, 6.07) is 0. The van der Waals surface area contributed by atoms with Crippen molar-refractivity contribution in [3.8, 4) is 0 Å². The summed E-state index contributed by atoms with van der Waals surface area (Å²) in [5.74, 6) is 0. The summed E-state index contributed by atoms with van der Waals surface area (Å²) in [4.78, 5) is 0. The minimum atomic E-state index is 1.03. The number of halogens is 1. The van der Waals surface area contributed by atoms with Gasteiger partial charge in [-0.1, -0.05) is 40.7 Å². The number of allylic oxidation sites excluding steroid dienone is 7. The maximum atomic E-state index is 3.78. The normalized spacial score (nSPS) is 17.4. The zero-order chi connectivity index (χ0) is 6.69.